The number of carboxylic acids is 1. The summed E-state index contributed by atoms with van der Waals surface area (Å²) in [6.45, 7) is 8.88. The zero-order valence-corrected chi connectivity index (χ0v) is 13.3. The largest absolute Gasteiger partial charge is 0.481 e. The van der Waals surface area contributed by atoms with Gasteiger partial charge in [-0.25, -0.2) is 4.79 Å². The van der Waals surface area contributed by atoms with Gasteiger partial charge >= 0.3 is 12.0 Å². The summed E-state index contributed by atoms with van der Waals surface area (Å²) in [6, 6.07) is -0.478. The van der Waals surface area contributed by atoms with E-state index in [1.165, 1.54) is 4.90 Å². The first-order valence-corrected chi connectivity index (χ1v) is 7.10. The van der Waals surface area contributed by atoms with E-state index in [-0.39, 0.29) is 12.8 Å². The fourth-order valence-electron chi connectivity index (χ4n) is 1.87. The van der Waals surface area contributed by atoms with Gasteiger partial charge in [-0.15, -0.1) is 0 Å². The number of imide groups is 1. The Morgan fingerprint density at radius 3 is 2.29 bits per heavy atom. The zero-order valence-electron chi connectivity index (χ0n) is 13.3. The van der Waals surface area contributed by atoms with Gasteiger partial charge in [-0.05, 0) is 19.3 Å². The molecule has 0 heterocycles. The Kier molecular flexibility index (Phi) is 8.61. The lowest BCUT2D eigenvalue weighted by molar-refractivity contribution is -0.139. The number of amides is 3. The molecule has 0 aliphatic rings. The highest BCUT2D eigenvalue weighted by Gasteiger charge is 2.26. The average molecular weight is 302 g/mol. The van der Waals surface area contributed by atoms with Crippen LogP contribution in [0.2, 0.25) is 0 Å². The van der Waals surface area contributed by atoms with Gasteiger partial charge in [0, 0.05) is 26.1 Å². The van der Waals surface area contributed by atoms with Crippen LogP contribution < -0.4 is 5.32 Å². The molecule has 3 amide bonds. The molecule has 0 rings (SSSR count). The molecule has 0 bridgehead atoms. The molecule has 0 saturated carbocycles. The number of nitrogens with one attached hydrogen (secondary N) is 1. The van der Waals surface area contributed by atoms with E-state index in [2.05, 4.69) is 5.32 Å². The van der Waals surface area contributed by atoms with Crippen LogP contribution in [-0.4, -0.2) is 54.2 Å². The lowest BCUT2D eigenvalue weighted by Gasteiger charge is -2.24. The maximum Gasteiger partial charge on any atom is 0.324 e. The Balaban J connectivity index is 4.34. The second kappa shape index (κ2) is 9.33. The molecule has 7 nitrogen and oxygen atoms in total. The topological polar surface area (TPSA) is 95.9 Å². The minimum Gasteiger partial charge on any atom is -0.481 e. The number of urea groups is 1. The van der Waals surface area contributed by atoms with Gasteiger partial charge in [0.2, 0.25) is 5.91 Å². The summed E-state index contributed by atoms with van der Waals surface area (Å²) in [5, 5.41) is 11.1. The van der Waals surface area contributed by atoms with E-state index in [4.69, 9.17) is 9.84 Å². The van der Waals surface area contributed by atoms with Crippen molar-refractivity contribution in [1.82, 2.24) is 10.2 Å². The van der Waals surface area contributed by atoms with E-state index in [0.29, 0.717) is 26.3 Å². The van der Waals surface area contributed by atoms with Crippen molar-refractivity contribution in [2.45, 2.75) is 40.5 Å². The molecule has 7 heteroatoms. The molecule has 0 aliphatic carbocycles. The number of aliphatic carboxylic acids is 1. The predicted octanol–water partition coefficient (Wildman–Crippen LogP) is 1.47. The first-order chi connectivity index (χ1) is 9.71. The highest BCUT2D eigenvalue weighted by atomic mass is 16.5. The molecule has 0 radical (unpaired) electrons. The van der Waals surface area contributed by atoms with Crippen LogP contribution in [0.25, 0.3) is 0 Å². The van der Waals surface area contributed by atoms with Gasteiger partial charge in [-0.1, -0.05) is 13.8 Å². The van der Waals surface area contributed by atoms with Gasteiger partial charge in [0.25, 0.3) is 0 Å². The number of rotatable bonds is 9. The Hall–Kier alpha value is -1.63. The highest BCUT2D eigenvalue weighted by molar-refractivity contribution is 5.94. The van der Waals surface area contributed by atoms with Crippen molar-refractivity contribution >= 4 is 17.9 Å². The molecule has 21 heavy (non-hydrogen) atoms. The average Bonchev–Trinajstić information content (AvgIpc) is 2.31. The third-order valence-electron chi connectivity index (χ3n) is 2.89. The molecule has 0 aromatic heterocycles. The molecule has 0 aromatic rings. The fourth-order valence-corrected chi connectivity index (χ4v) is 1.87. The molecule has 0 aromatic carbocycles. The van der Waals surface area contributed by atoms with Gasteiger partial charge in [-0.2, -0.15) is 0 Å². The van der Waals surface area contributed by atoms with Crippen LogP contribution in [0.4, 0.5) is 4.79 Å². The Bertz CT molecular complexity index is 368. The number of ether oxygens (including phenoxy) is 1. The van der Waals surface area contributed by atoms with Crippen molar-refractivity contribution < 1.29 is 24.2 Å². The number of carbonyl (C=O) groups is 3. The van der Waals surface area contributed by atoms with Crippen molar-refractivity contribution in [3.05, 3.63) is 0 Å². The van der Waals surface area contributed by atoms with Gasteiger partial charge in [0.1, 0.15) is 0 Å². The van der Waals surface area contributed by atoms with Crippen LogP contribution in [0.3, 0.4) is 0 Å². The van der Waals surface area contributed by atoms with Crippen LogP contribution in [-0.2, 0) is 14.3 Å². The molecule has 2 N–H and O–H groups in total. The number of nitrogens with zero attached hydrogens (tertiary/aromatic N) is 1. The van der Waals surface area contributed by atoms with E-state index in [1.807, 2.05) is 13.8 Å². The molecule has 122 valence electrons. The zero-order chi connectivity index (χ0) is 16.5. The van der Waals surface area contributed by atoms with E-state index in [0.717, 1.165) is 0 Å². The third-order valence-corrected chi connectivity index (χ3v) is 2.89. The smallest absolute Gasteiger partial charge is 0.324 e. The number of carbonyl (C=O) groups excluding carboxylic acids is 2. The van der Waals surface area contributed by atoms with Crippen LogP contribution in [0.5, 0.6) is 0 Å². The molecular formula is C14H26N2O5. The maximum atomic E-state index is 11.9. The summed E-state index contributed by atoms with van der Waals surface area (Å²) in [7, 11) is 0. The second-order valence-corrected chi connectivity index (χ2v) is 5.54. The fraction of sp³-hybridized carbons (Fsp3) is 0.786. The first kappa shape index (κ1) is 19.4. The molecule has 0 fully saturated rings. The quantitative estimate of drug-likeness (QED) is 0.629. The molecular weight excluding hydrogens is 276 g/mol. The lowest BCUT2D eigenvalue weighted by Crippen LogP contribution is -2.45. The van der Waals surface area contributed by atoms with Crippen molar-refractivity contribution in [3.63, 3.8) is 0 Å². The van der Waals surface area contributed by atoms with E-state index in [9.17, 15) is 14.4 Å². The van der Waals surface area contributed by atoms with E-state index in [1.54, 1.807) is 13.8 Å². The van der Waals surface area contributed by atoms with Crippen LogP contribution in [0.15, 0.2) is 0 Å². The first-order valence-electron chi connectivity index (χ1n) is 7.10. The summed E-state index contributed by atoms with van der Waals surface area (Å²) in [6.07, 6.45) is -0.148. The van der Waals surface area contributed by atoms with Gasteiger partial charge in [0.15, 0.2) is 0 Å². The molecule has 0 unspecified atom stereocenters. The minimum atomic E-state index is -0.967. The van der Waals surface area contributed by atoms with E-state index < -0.39 is 23.3 Å². The summed E-state index contributed by atoms with van der Waals surface area (Å²) in [5.74, 6) is -1.44. The minimum absolute atomic E-state index is 0.0198. The second-order valence-electron chi connectivity index (χ2n) is 5.54. The Labute approximate surface area is 125 Å². The normalized spacial score (nSPS) is 11.0. The molecule has 0 spiro atoms. The van der Waals surface area contributed by atoms with Crippen molar-refractivity contribution in [3.8, 4) is 0 Å². The van der Waals surface area contributed by atoms with Gasteiger partial charge in [0.05, 0.1) is 13.0 Å². The van der Waals surface area contributed by atoms with Gasteiger partial charge < -0.3 is 14.7 Å². The maximum absolute atomic E-state index is 11.9. The summed E-state index contributed by atoms with van der Waals surface area (Å²) in [4.78, 5) is 35.9. The van der Waals surface area contributed by atoms with Crippen LogP contribution >= 0.6 is 0 Å². The number of hydrogen-bond acceptors (Lipinski definition) is 4. The predicted molar refractivity (Wildman–Crippen MR) is 77.9 cm³/mol. The number of likely N-dealkylation sites (N-methyl/N-ethyl adjacent to an activating group) is 1. The standard InChI is InChI=1S/C14H26N2O5/c1-5-16(7-8-21-6-2)13(20)15-11(17)9-14(3,4)10-12(18)19/h5-10H2,1-4H3,(H,18,19)(H,15,17,20). The summed E-state index contributed by atoms with van der Waals surface area (Å²) < 4.78 is 5.17. The SMILES string of the molecule is CCOCCN(CC)C(=O)NC(=O)CC(C)(C)CC(=O)O. The van der Waals surface area contributed by atoms with Crippen molar-refractivity contribution in [2.75, 3.05) is 26.3 Å². The van der Waals surface area contributed by atoms with Crippen molar-refractivity contribution in [1.29, 1.82) is 0 Å². The molecule has 0 atom stereocenters. The molecule has 0 saturated heterocycles. The highest BCUT2D eigenvalue weighted by Crippen LogP contribution is 2.24. The third kappa shape index (κ3) is 9.01. The number of carboxylic acid groups (broad SMARTS) is 1. The van der Waals surface area contributed by atoms with Crippen LogP contribution in [0.1, 0.15) is 40.5 Å². The monoisotopic (exact) mass is 302 g/mol. The number of hydrogen-bond donors (Lipinski definition) is 2. The van der Waals surface area contributed by atoms with Gasteiger partial charge in [-0.3, -0.25) is 14.9 Å². The Morgan fingerprint density at radius 2 is 1.81 bits per heavy atom. The van der Waals surface area contributed by atoms with Crippen molar-refractivity contribution in [2.24, 2.45) is 5.41 Å². The summed E-state index contributed by atoms with van der Waals surface area (Å²) >= 11 is 0. The molecule has 0 aliphatic heterocycles. The lowest BCUT2D eigenvalue weighted by atomic mass is 9.85. The van der Waals surface area contributed by atoms with Crippen LogP contribution in [0, 0.1) is 5.41 Å². The summed E-state index contributed by atoms with van der Waals surface area (Å²) in [5.41, 5.74) is -0.696. The van der Waals surface area contributed by atoms with E-state index >= 15 is 0 Å². The Morgan fingerprint density at radius 1 is 1.19 bits per heavy atom.